The number of nitrogens with zero attached hydrogens (tertiary/aromatic N) is 1. The van der Waals surface area contributed by atoms with E-state index in [1.807, 2.05) is 12.1 Å². The molecule has 2 aliphatic rings. The van der Waals surface area contributed by atoms with Crippen molar-refractivity contribution in [2.75, 3.05) is 32.7 Å². The van der Waals surface area contributed by atoms with Crippen LogP contribution in [0, 0.1) is 17.8 Å². The molecule has 3 rings (SSSR count). The van der Waals surface area contributed by atoms with E-state index in [-0.39, 0.29) is 18.3 Å². The number of benzene rings is 1. The highest BCUT2D eigenvalue weighted by atomic mass is 35.5. The van der Waals surface area contributed by atoms with E-state index in [9.17, 15) is 4.79 Å². The van der Waals surface area contributed by atoms with E-state index in [1.165, 1.54) is 38.0 Å². The maximum Gasteiger partial charge on any atom is 0.166 e. The number of rotatable bonds is 6. The molecule has 2 saturated heterocycles. The largest absolute Gasteiger partial charge is 0.317 e. The quantitative estimate of drug-likeness (QED) is 0.753. The Hall–Kier alpha value is -0.900. The first-order valence-corrected chi connectivity index (χ1v) is 10.2. The van der Waals surface area contributed by atoms with E-state index in [0.29, 0.717) is 11.7 Å². The average Bonchev–Trinajstić information content (AvgIpc) is 2.63. The molecule has 0 amide bonds. The zero-order chi connectivity index (χ0) is 17.6. The zero-order valence-electron chi connectivity index (χ0n) is 16.4. The van der Waals surface area contributed by atoms with Crippen LogP contribution in [0.15, 0.2) is 24.3 Å². The molecule has 146 valence electrons. The van der Waals surface area contributed by atoms with Crippen LogP contribution in [0.4, 0.5) is 0 Å². The molecule has 4 heteroatoms. The van der Waals surface area contributed by atoms with E-state index < -0.39 is 0 Å². The predicted molar refractivity (Wildman–Crippen MR) is 111 cm³/mol. The Morgan fingerprint density at radius 2 is 1.69 bits per heavy atom. The molecular formula is C22H35ClN2O. The van der Waals surface area contributed by atoms with Crippen molar-refractivity contribution in [2.45, 2.75) is 46.0 Å². The van der Waals surface area contributed by atoms with Gasteiger partial charge in [-0.2, -0.15) is 0 Å². The Balaban J connectivity index is 0.00000243. The molecule has 0 aromatic heterocycles. The normalized spacial score (nSPS) is 20.1. The summed E-state index contributed by atoms with van der Waals surface area (Å²) in [6, 6.07) is 8.36. The van der Waals surface area contributed by atoms with Crippen LogP contribution in [-0.2, 0) is 6.42 Å². The minimum atomic E-state index is 0. The Labute approximate surface area is 165 Å². The number of nitrogens with one attached hydrogen (secondary N) is 1. The van der Waals surface area contributed by atoms with Crippen LogP contribution in [0.25, 0.3) is 0 Å². The molecule has 2 aliphatic heterocycles. The van der Waals surface area contributed by atoms with E-state index in [1.54, 1.807) is 0 Å². The molecule has 1 N–H and O–H groups in total. The van der Waals surface area contributed by atoms with E-state index in [4.69, 9.17) is 0 Å². The molecule has 0 bridgehead atoms. The zero-order valence-corrected chi connectivity index (χ0v) is 17.2. The second-order valence-electron chi connectivity index (χ2n) is 8.43. The molecule has 0 radical (unpaired) electrons. The first-order valence-electron chi connectivity index (χ1n) is 10.2. The maximum absolute atomic E-state index is 12.8. The molecule has 1 aromatic rings. The summed E-state index contributed by atoms with van der Waals surface area (Å²) < 4.78 is 0. The summed E-state index contributed by atoms with van der Waals surface area (Å²) in [5, 5.41) is 3.44. The van der Waals surface area contributed by atoms with Gasteiger partial charge in [0.1, 0.15) is 0 Å². The van der Waals surface area contributed by atoms with Crippen LogP contribution >= 0.6 is 12.4 Å². The van der Waals surface area contributed by atoms with Gasteiger partial charge in [-0.1, -0.05) is 38.1 Å². The number of likely N-dealkylation sites (tertiary alicyclic amines) is 1. The second kappa shape index (κ2) is 10.4. The van der Waals surface area contributed by atoms with Gasteiger partial charge in [-0.3, -0.25) is 4.79 Å². The molecule has 2 fully saturated rings. The molecule has 0 saturated carbocycles. The summed E-state index contributed by atoms with van der Waals surface area (Å²) in [6.45, 7) is 10.2. The van der Waals surface area contributed by atoms with Crippen molar-refractivity contribution in [3.63, 3.8) is 0 Å². The molecule has 2 heterocycles. The third kappa shape index (κ3) is 6.07. The summed E-state index contributed by atoms with van der Waals surface area (Å²) in [5.74, 6) is 2.09. The summed E-state index contributed by atoms with van der Waals surface area (Å²) in [4.78, 5) is 15.4. The fraction of sp³-hybridized carbons (Fsp3) is 0.682. The fourth-order valence-electron chi connectivity index (χ4n) is 4.32. The standard InChI is InChI=1S/C22H34N2O.ClH/c1-17(2)15-18-3-5-20(6-4-18)22(25)21-9-13-24(14-10-21)16-19-7-11-23-12-8-19;/h3-6,17,19,21,23H,7-16H2,1-2H3;1H. The Kier molecular flexibility index (Phi) is 8.59. The highest BCUT2D eigenvalue weighted by Crippen LogP contribution is 2.24. The van der Waals surface area contributed by atoms with Crippen LogP contribution in [0.1, 0.15) is 55.5 Å². The van der Waals surface area contributed by atoms with E-state index in [0.717, 1.165) is 43.8 Å². The maximum atomic E-state index is 12.8. The Morgan fingerprint density at radius 3 is 2.27 bits per heavy atom. The van der Waals surface area contributed by atoms with Crippen LogP contribution in [0.2, 0.25) is 0 Å². The van der Waals surface area contributed by atoms with Gasteiger partial charge in [0.05, 0.1) is 0 Å². The minimum absolute atomic E-state index is 0. The monoisotopic (exact) mass is 378 g/mol. The fourth-order valence-corrected chi connectivity index (χ4v) is 4.32. The van der Waals surface area contributed by atoms with Crippen molar-refractivity contribution < 1.29 is 4.79 Å². The number of hydrogen-bond donors (Lipinski definition) is 1. The molecule has 0 spiro atoms. The van der Waals surface area contributed by atoms with Gasteiger partial charge in [0.2, 0.25) is 0 Å². The molecule has 3 nitrogen and oxygen atoms in total. The van der Waals surface area contributed by atoms with Crippen molar-refractivity contribution >= 4 is 18.2 Å². The SMILES string of the molecule is CC(C)Cc1ccc(C(=O)C2CCN(CC3CCNCC3)CC2)cc1.Cl. The number of carbonyl (C=O) groups excluding carboxylic acids is 1. The topological polar surface area (TPSA) is 32.3 Å². The minimum Gasteiger partial charge on any atom is -0.317 e. The second-order valence-corrected chi connectivity index (χ2v) is 8.43. The van der Waals surface area contributed by atoms with Crippen LogP contribution in [0.5, 0.6) is 0 Å². The van der Waals surface area contributed by atoms with Crippen molar-refractivity contribution in [1.29, 1.82) is 0 Å². The van der Waals surface area contributed by atoms with Gasteiger partial charge in [0, 0.05) is 18.0 Å². The summed E-state index contributed by atoms with van der Waals surface area (Å²) >= 11 is 0. The smallest absolute Gasteiger partial charge is 0.166 e. The Morgan fingerprint density at radius 1 is 1.08 bits per heavy atom. The molecule has 0 unspecified atom stereocenters. The third-order valence-corrected chi connectivity index (χ3v) is 5.82. The van der Waals surface area contributed by atoms with Gasteiger partial charge < -0.3 is 10.2 Å². The summed E-state index contributed by atoms with van der Waals surface area (Å²) in [6.07, 6.45) is 5.75. The van der Waals surface area contributed by atoms with Gasteiger partial charge >= 0.3 is 0 Å². The Bertz CT molecular complexity index is 544. The molecule has 1 aromatic carbocycles. The lowest BCUT2D eigenvalue weighted by atomic mass is 9.87. The predicted octanol–water partition coefficient (Wildman–Crippen LogP) is 4.20. The lowest BCUT2D eigenvalue weighted by Gasteiger charge is -2.35. The van der Waals surface area contributed by atoms with Crippen molar-refractivity contribution in [3.05, 3.63) is 35.4 Å². The van der Waals surface area contributed by atoms with Gasteiger partial charge in [0.25, 0.3) is 0 Å². The molecular weight excluding hydrogens is 344 g/mol. The first kappa shape index (κ1) is 21.4. The average molecular weight is 379 g/mol. The number of ketones is 1. The number of carbonyl (C=O) groups is 1. The highest BCUT2D eigenvalue weighted by molar-refractivity contribution is 5.97. The number of halogens is 1. The van der Waals surface area contributed by atoms with Crippen LogP contribution < -0.4 is 5.32 Å². The van der Waals surface area contributed by atoms with Gasteiger partial charge in [-0.15, -0.1) is 12.4 Å². The summed E-state index contributed by atoms with van der Waals surface area (Å²) in [5.41, 5.74) is 2.24. The molecule has 26 heavy (non-hydrogen) atoms. The van der Waals surface area contributed by atoms with Gasteiger partial charge in [-0.05, 0) is 75.7 Å². The number of piperidine rings is 2. The number of Topliss-reactive ketones (excluding diaryl/α,β-unsaturated/α-hetero) is 1. The molecule has 0 atom stereocenters. The van der Waals surface area contributed by atoms with Crippen molar-refractivity contribution in [2.24, 2.45) is 17.8 Å². The van der Waals surface area contributed by atoms with Crippen molar-refractivity contribution in [1.82, 2.24) is 10.2 Å². The van der Waals surface area contributed by atoms with Crippen LogP contribution in [0.3, 0.4) is 0 Å². The lowest BCUT2D eigenvalue weighted by molar-refractivity contribution is 0.0819. The third-order valence-electron chi connectivity index (χ3n) is 5.82. The summed E-state index contributed by atoms with van der Waals surface area (Å²) in [7, 11) is 0. The lowest BCUT2D eigenvalue weighted by Crippen LogP contribution is -2.41. The first-order chi connectivity index (χ1) is 12.1. The van der Waals surface area contributed by atoms with E-state index in [2.05, 4.69) is 36.2 Å². The number of hydrogen-bond acceptors (Lipinski definition) is 3. The highest BCUT2D eigenvalue weighted by Gasteiger charge is 2.27. The van der Waals surface area contributed by atoms with E-state index >= 15 is 0 Å². The van der Waals surface area contributed by atoms with Crippen LogP contribution in [-0.4, -0.2) is 43.4 Å². The van der Waals surface area contributed by atoms with Gasteiger partial charge in [-0.25, -0.2) is 0 Å². The van der Waals surface area contributed by atoms with Crippen molar-refractivity contribution in [3.8, 4) is 0 Å². The van der Waals surface area contributed by atoms with Gasteiger partial charge in [0.15, 0.2) is 5.78 Å². The molecule has 0 aliphatic carbocycles.